The number of nitrogens with one attached hydrogen (secondary N) is 1. The number of ether oxygens (including phenoxy) is 3. The number of rotatable bonds is 7. The minimum atomic E-state index is -0.411. The van der Waals surface area contributed by atoms with Crippen LogP contribution in [0.15, 0.2) is 12.1 Å². The SMILES string of the molecule is COc1cc(C(=O)Nc2nnc(CC(=O)N(C)C)s2)cc(OC)c1OC. The van der Waals surface area contributed by atoms with E-state index in [1.807, 2.05) is 0 Å². The van der Waals surface area contributed by atoms with Gasteiger partial charge >= 0.3 is 0 Å². The van der Waals surface area contributed by atoms with Gasteiger partial charge in [0, 0.05) is 19.7 Å². The first-order chi connectivity index (χ1) is 12.4. The van der Waals surface area contributed by atoms with Crippen LogP contribution in [0.3, 0.4) is 0 Å². The van der Waals surface area contributed by atoms with Crippen molar-refractivity contribution in [2.24, 2.45) is 0 Å². The van der Waals surface area contributed by atoms with E-state index in [2.05, 4.69) is 15.5 Å². The lowest BCUT2D eigenvalue weighted by molar-refractivity contribution is -0.127. The number of amides is 2. The first-order valence-corrected chi connectivity index (χ1v) is 8.35. The largest absolute Gasteiger partial charge is 0.493 e. The Morgan fingerprint density at radius 1 is 1.08 bits per heavy atom. The van der Waals surface area contributed by atoms with Gasteiger partial charge in [0.15, 0.2) is 11.5 Å². The summed E-state index contributed by atoms with van der Waals surface area (Å²) in [6, 6.07) is 3.07. The normalized spacial score (nSPS) is 10.2. The van der Waals surface area contributed by atoms with Crippen LogP contribution in [-0.2, 0) is 11.2 Å². The smallest absolute Gasteiger partial charge is 0.257 e. The third-order valence-corrected chi connectivity index (χ3v) is 4.25. The molecule has 0 aliphatic heterocycles. The summed E-state index contributed by atoms with van der Waals surface area (Å²) in [6.45, 7) is 0. The van der Waals surface area contributed by atoms with Crippen molar-refractivity contribution in [2.45, 2.75) is 6.42 Å². The van der Waals surface area contributed by atoms with Gasteiger partial charge in [-0.05, 0) is 12.1 Å². The molecule has 0 saturated carbocycles. The van der Waals surface area contributed by atoms with Crippen molar-refractivity contribution < 1.29 is 23.8 Å². The maximum atomic E-state index is 12.5. The van der Waals surface area contributed by atoms with E-state index in [-0.39, 0.29) is 12.3 Å². The Labute approximate surface area is 154 Å². The van der Waals surface area contributed by atoms with Crippen molar-refractivity contribution in [1.82, 2.24) is 15.1 Å². The highest BCUT2D eigenvalue weighted by molar-refractivity contribution is 7.15. The van der Waals surface area contributed by atoms with E-state index in [0.717, 1.165) is 11.3 Å². The zero-order chi connectivity index (χ0) is 19.3. The quantitative estimate of drug-likeness (QED) is 0.775. The number of hydrogen-bond acceptors (Lipinski definition) is 8. The average Bonchev–Trinajstić information content (AvgIpc) is 3.06. The highest BCUT2D eigenvalue weighted by atomic mass is 32.1. The van der Waals surface area contributed by atoms with Crippen LogP contribution in [0.25, 0.3) is 0 Å². The molecule has 0 bridgehead atoms. The van der Waals surface area contributed by atoms with Crippen LogP contribution in [0.2, 0.25) is 0 Å². The lowest BCUT2D eigenvalue weighted by Crippen LogP contribution is -2.23. The van der Waals surface area contributed by atoms with E-state index in [0.29, 0.717) is 33.0 Å². The van der Waals surface area contributed by atoms with Crippen molar-refractivity contribution in [3.8, 4) is 17.2 Å². The van der Waals surface area contributed by atoms with E-state index in [1.165, 1.54) is 38.4 Å². The van der Waals surface area contributed by atoms with E-state index >= 15 is 0 Å². The molecule has 0 spiro atoms. The molecule has 0 fully saturated rings. The van der Waals surface area contributed by atoms with Crippen LogP contribution in [0.5, 0.6) is 17.2 Å². The topological polar surface area (TPSA) is 103 Å². The lowest BCUT2D eigenvalue weighted by Gasteiger charge is -2.13. The van der Waals surface area contributed by atoms with Crippen LogP contribution >= 0.6 is 11.3 Å². The van der Waals surface area contributed by atoms with Crippen LogP contribution in [-0.4, -0.2) is 62.3 Å². The van der Waals surface area contributed by atoms with E-state index in [4.69, 9.17) is 14.2 Å². The minimum Gasteiger partial charge on any atom is -0.493 e. The first-order valence-electron chi connectivity index (χ1n) is 7.53. The summed E-state index contributed by atoms with van der Waals surface area (Å²) >= 11 is 1.14. The van der Waals surface area contributed by atoms with Gasteiger partial charge in [-0.25, -0.2) is 0 Å². The molecule has 1 aromatic carbocycles. The Morgan fingerprint density at radius 3 is 2.19 bits per heavy atom. The summed E-state index contributed by atoms with van der Waals surface area (Å²) in [7, 11) is 7.75. The molecular formula is C16H20N4O5S. The second-order valence-electron chi connectivity index (χ2n) is 5.33. The van der Waals surface area contributed by atoms with Crippen LogP contribution < -0.4 is 19.5 Å². The van der Waals surface area contributed by atoms with E-state index in [9.17, 15) is 9.59 Å². The van der Waals surface area contributed by atoms with Gasteiger partial charge in [-0.15, -0.1) is 10.2 Å². The fourth-order valence-corrected chi connectivity index (χ4v) is 2.77. The second kappa shape index (κ2) is 8.48. The molecule has 9 nitrogen and oxygen atoms in total. The Bertz CT molecular complexity index is 781. The zero-order valence-corrected chi connectivity index (χ0v) is 16.0. The molecule has 0 atom stereocenters. The number of methoxy groups -OCH3 is 3. The summed E-state index contributed by atoms with van der Waals surface area (Å²) in [5.41, 5.74) is 0.306. The third kappa shape index (κ3) is 4.39. The van der Waals surface area contributed by atoms with Gasteiger partial charge in [0.05, 0.1) is 27.8 Å². The average molecular weight is 380 g/mol. The number of aromatic nitrogens is 2. The minimum absolute atomic E-state index is 0.0938. The van der Waals surface area contributed by atoms with Gasteiger partial charge in [-0.2, -0.15) is 0 Å². The third-order valence-electron chi connectivity index (χ3n) is 3.42. The number of benzene rings is 1. The van der Waals surface area contributed by atoms with Crippen molar-refractivity contribution in [3.63, 3.8) is 0 Å². The molecule has 0 aliphatic rings. The molecule has 0 unspecified atom stereocenters. The van der Waals surface area contributed by atoms with Crippen molar-refractivity contribution in [2.75, 3.05) is 40.7 Å². The molecule has 0 aliphatic carbocycles. The van der Waals surface area contributed by atoms with Crippen LogP contribution in [0.4, 0.5) is 5.13 Å². The van der Waals surface area contributed by atoms with Gasteiger partial charge in [0.1, 0.15) is 5.01 Å². The maximum absolute atomic E-state index is 12.5. The molecule has 1 aromatic heterocycles. The molecule has 140 valence electrons. The zero-order valence-electron chi connectivity index (χ0n) is 15.2. The van der Waals surface area contributed by atoms with Crippen molar-refractivity contribution in [3.05, 3.63) is 22.7 Å². The number of carbonyl (C=O) groups excluding carboxylic acids is 2. The summed E-state index contributed by atoms with van der Waals surface area (Å²) in [5, 5.41) is 11.3. The van der Waals surface area contributed by atoms with Gasteiger partial charge in [0.25, 0.3) is 5.91 Å². The molecular weight excluding hydrogens is 360 g/mol. The Morgan fingerprint density at radius 2 is 1.69 bits per heavy atom. The molecule has 2 amide bonds. The monoisotopic (exact) mass is 380 g/mol. The predicted octanol–water partition coefficient (Wildman–Crippen LogP) is 1.45. The van der Waals surface area contributed by atoms with Gasteiger partial charge in [0.2, 0.25) is 16.8 Å². The predicted molar refractivity (Wildman–Crippen MR) is 96.4 cm³/mol. The van der Waals surface area contributed by atoms with E-state index in [1.54, 1.807) is 14.1 Å². The molecule has 1 N–H and O–H groups in total. The van der Waals surface area contributed by atoms with E-state index < -0.39 is 5.91 Å². The Kier molecular flexibility index (Phi) is 6.34. The molecule has 2 aromatic rings. The summed E-state index contributed by atoms with van der Waals surface area (Å²) in [6.07, 6.45) is 0.130. The number of likely N-dealkylation sites (N-methyl/N-ethyl adjacent to an activating group) is 1. The maximum Gasteiger partial charge on any atom is 0.257 e. The van der Waals surface area contributed by atoms with Gasteiger partial charge in [-0.1, -0.05) is 11.3 Å². The Balaban J connectivity index is 2.18. The van der Waals surface area contributed by atoms with Crippen molar-refractivity contribution >= 4 is 28.3 Å². The second-order valence-corrected chi connectivity index (χ2v) is 6.40. The standard InChI is InChI=1S/C16H20N4O5S/c1-20(2)13(21)8-12-18-19-16(26-12)17-15(22)9-6-10(23-3)14(25-5)11(7-9)24-4/h6-7H,8H2,1-5H3,(H,17,19,22). The number of carbonyl (C=O) groups is 2. The molecule has 1 heterocycles. The summed E-state index contributed by atoms with van der Waals surface area (Å²) in [4.78, 5) is 25.7. The fraction of sp³-hybridized carbons (Fsp3) is 0.375. The van der Waals surface area contributed by atoms with Crippen molar-refractivity contribution in [1.29, 1.82) is 0 Å². The summed E-state index contributed by atoms with van der Waals surface area (Å²) in [5.74, 6) is 0.625. The van der Waals surface area contributed by atoms with Gasteiger partial charge in [-0.3, -0.25) is 14.9 Å². The molecule has 10 heteroatoms. The summed E-state index contributed by atoms with van der Waals surface area (Å²) < 4.78 is 15.7. The lowest BCUT2D eigenvalue weighted by atomic mass is 10.1. The first kappa shape index (κ1) is 19.4. The number of anilines is 1. The molecule has 0 radical (unpaired) electrons. The Hall–Kier alpha value is -2.88. The highest BCUT2D eigenvalue weighted by Crippen LogP contribution is 2.38. The molecule has 26 heavy (non-hydrogen) atoms. The number of hydrogen-bond donors (Lipinski definition) is 1. The molecule has 0 saturated heterocycles. The molecule has 2 rings (SSSR count). The number of nitrogens with zero attached hydrogens (tertiary/aromatic N) is 3. The van der Waals surface area contributed by atoms with Crippen LogP contribution in [0.1, 0.15) is 15.4 Å². The fourth-order valence-electron chi connectivity index (χ4n) is 2.04. The van der Waals surface area contributed by atoms with Gasteiger partial charge < -0.3 is 19.1 Å². The van der Waals surface area contributed by atoms with Crippen LogP contribution in [0, 0.1) is 0 Å². The highest BCUT2D eigenvalue weighted by Gasteiger charge is 2.18.